The third kappa shape index (κ3) is 3.28. The molecule has 0 saturated heterocycles. The van der Waals surface area contributed by atoms with Crippen LogP contribution in [0.2, 0.25) is 0 Å². The second-order valence-electron chi connectivity index (χ2n) is 2.62. The minimum absolute atomic E-state index is 0.0722. The first-order chi connectivity index (χ1) is 6.83. The Morgan fingerprint density at radius 1 is 1.33 bits per heavy atom. The van der Waals surface area contributed by atoms with Gasteiger partial charge in [0.25, 0.3) is 0 Å². The molecule has 1 rings (SSSR count). The molecule has 2 N–H and O–H groups in total. The second kappa shape index (κ2) is 4.28. The number of hydrogen-bond acceptors (Lipinski definition) is 3. The minimum Gasteiger partial charge on any atom is -0.507 e. The van der Waals surface area contributed by atoms with E-state index in [0.717, 1.165) is 12.1 Å². The Kier molecular flexibility index (Phi) is 3.46. The summed E-state index contributed by atoms with van der Waals surface area (Å²) in [6.07, 6.45) is -4.86. The van der Waals surface area contributed by atoms with Gasteiger partial charge in [-0.1, -0.05) is 0 Å². The number of rotatable bonds is 2. The lowest BCUT2D eigenvalue weighted by Crippen LogP contribution is -2.18. The van der Waals surface area contributed by atoms with Crippen LogP contribution in [0, 0.1) is 0 Å². The molecule has 1 aromatic rings. The molecular formula is C8H6BrF3O3. The van der Waals surface area contributed by atoms with Gasteiger partial charge in [-0.25, -0.2) is 0 Å². The van der Waals surface area contributed by atoms with E-state index in [9.17, 15) is 13.2 Å². The summed E-state index contributed by atoms with van der Waals surface area (Å²) in [5.74, 6) is -1.02. The van der Waals surface area contributed by atoms with Crippen molar-refractivity contribution in [1.29, 1.82) is 0 Å². The van der Waals surface area contributed by atoms with Gasteiger partial charge in [0.1, 0.15) is 11.5 Å². The molecule has 84 valence electrons. The molecule has 0 aromatic heterocycles. The third-order valence-electron chi connectivity index (χ3n) is 1.53. The second-order valence-corrected chi connectivity index (χ2v) is 3.47. The minimum atomic E-state index is -4.86. The molecule has 0 fully saturated rings. The highest BCUT2D eigenvalue weighted by molar-refractivity contribution is 9.10. The third-order valence-corrected chi connectivity index (χ3v) is 2.16. The van der Waals surface area contributed by atoms with E-state index in [4.69, 9.17) is 10.2 Å². The number of aromatic hydroxyl groups is 1. The van der Waals surface area contributed by atoms with Crippen molar-refractivity contribution in [2.24, 2.45) is 0 Å². The van der Waals surface area contributed by atoms with E-state index < -0.39 is 24.5 Å². The van der Waals surface area contributed by atoms with E-state index in [1.54, 1.807) is 0 Å². The largest absolute Gasteiger partial charge is 0.573 e. The van der Waals surface area contributed by atoms with Crippen molar-refractivity contribution in [2.45, 2.75) is 13.0 Å². The zero-order chi connectivity index (χ0) is 11.6. The van der Waals surface area contributed by atoms with Gasteiger partial charge < -0.3 is 14.9 Å². The van der Waals surface area contributed by atoms with Crippen LogP contribution in [-0.4, -0.2) is 16.6 Å². The summed E-state index contributed by atoms with van der Waals surface area (Å²) in [7, 11) is 0. The first-order valence-corrected chi connectivity index (χ1v) is 4.51. The number of benzene rings is 1. The van der Waals surface area contributed by atoms with Gasteiger partial charge in [-0.2, -0.15) is 0 Å². The van der Waals surface area contributed by atoms with Gasteiger partial charge in [0.2, 0.25) is 0 Å². The standard InChI is InChI=1S/C8H6BrF3O3/c9-5-1-4(3-13)7(2-6(5)14)15-8(10,11)12/h1-2,13-14H,3H2. The van der Waals surface area contributed by atoms with Crippen LogP contribution in [0.1, 0.15) is 5.56 Å². The number of aliphatic hydroxyl groups is 1. The summed E-state index contributed by atoms with van der Waals surface area (Å²) in [5, 5.41) is 17.9. The van der Waals surface area contributed by atoms with Crippen LogP contribution in [0.5, 0.6) is 11.5 Å². The lowest BCUT2D eigenvalue weighted by molar-refractivity contribution is -0.275. The van der Waals surface area contributed by atoms with Crippen LogP contribution in [0.3, 0.4) is 0 Å². The Morgan fingerprint density at radius 2 is 1.93 bits per heavy atom. The molecule has 1 aromatic carbocycles. The number of halogens is 4. The molecule has 0 radical (unpaired) electrons. The molecule has 0 bridgehead atoms. The van der Waals surface area contributed by atoms with Crippen molar-refractivity contribution in [2.75, 3.05) is 0 Å². The van der Waals surface area contributed by atoms with E-state index in [-0.39, 0.29) is 10.0 Å². The predicted molar refractivity (Wildman–Crippen MR) is 48.4 cm³/mol. The average Bonchev–Trinajstić information content (AvgIpc) is 2.08. The molecule has 0 aliphatic rings. The quantitative estimate of drug-likeness (QED) is 0.878. The molecule has 0 amide bonds. The van der Waals surface area contributed by atoms with Crippen LogP contribution < -0.4 is 4.74 Å². The molecule has 0 spiro atoms. The van der Waals surface area contributed by atoms with E-state index in [1.165, 1.54) is 0 Å². The van der Waals surface area contributed by atoms with Crippen molar-refractivity contribution in [3.63, 3.8) is 0 Å². The molecule has 0 aliphatic heterocycles. The highest BCUT2D eigenvalue weighted by atomic mass is 79.9. The number of ether oxygens (including phenoxy) is 1. The molecule has 15 heavy (non-hydrogen) atoms. The highest BCUT2D eigenvalue weighted by Gasteiger charge is 2.32. The van der Waals surface area contributed by atoms with E-state index in [0.29, 0.717) is 0 Å². The smallest absolute Gasteiger partial charge is 0.507 e. The lowest BCUT2D eigenvalue weighted by Gasteiger charge is -2.13. The molecule has 0 saturated carbocycles. The van der Waals surface area contributed by atoms with Gasteiger partial charge in [-0.3, -0.25) is 0 Å². The number of phenolic OH excluding ortho intramolecular Hbond substituents is 1. The fraction of sp³-hybridized carbons (Fsp3) is 0.250. The van der Waals surface area contributed by atoms with E-state index in [2.05, 4.69) is 20.7 Å². The molecule has 0 heterocycles. The van der Waals surface area contributed by atoms with Gasteiger partial charge in [0.15, 0.2) is 0 Å². The van der Waals surface area contributed by atoms with Crippen LogP contribution in [0.4, 0.5) is 13.2 Å². The summed E-state index contributed by atoms with van der Waals surface area (Å²) in [6, 6.07) is 1.93. The van der Waals surface area contributed by atoms with Crippen LogP contribution >= 0.6 is 15.9 Å². The average molecular weight is 287 g/mol. The zero-order valence-corrected chi connectivity index (χ0v) is 8.76. The summed E-state index contributed by atoms with van der Waals surface area (Å²) in [5.41, 5.74) is -0.0722. The Bertz CT molecular complexity index is 365. The fourth-order valence-corrected chi connectivity index (χ4v) is 1.32. The highest BCUT2D eigenvalue weighted by Crippen LogP contribution is 2.34. The van der Waals surface area contributed by atoms with Crippen molar-refractivity contribution in [3.8, 4) is 11.5 Å². The monoisotopic (exact) mass is 286 g/mol. The number of alkyl halides is 3. The molecular weight excluding hydrogens is 281 g/mol. The Morgan fingerprint density at radius 3 is 2.40 bits per heavy atom. The SMILES string of the molecule is OCc1cc(Br)c(O)cc1OC(F)(F)F. The zero-order valence-electron chi connectivity index (χ0n) is 7.18. The molecule has 0 atom stereocenters. The maximum Gasteiger partial charge on any atom is 0.573 e. The molecule has 0 aliphatic carbocycles. The Balaban J connectivity index is 3.11. The first kappa shape index (κ1) is 12.1. The number of phenols is 1. The van der Waals surface area contributed by atoms with Crippen molar-refractivity contribution in [1.82, 2.24) is 0 Å². The van der Waals surface area contributed by atoms with E-state index >= 15 is 0 Å². The van der Waals surface area contributed by atoms with Crippen LogP contribution in [-0.2, 0) is 6.61 Å². The van der Waals surface area contributed by atoms with Gasteiger partial charge in [0.05, 0.1) is 11.1 Å². The first-order valence-electron chi connectivity index (χ1n) is 3.71. The molecule has 3 nitrogen and oxygen atoms in total. The van der Waals surface area contributed by atoms with Crippen molar-refractivity contribution >= 4 is 15.9 Å². The van der Waals surface area contributed by atoms with Gasteiger partial charge >= 0.3 is 6.36 Å². The van der Waals surface area contributed by atoms with Crippen LogP contribution in [0.15, 0.2) is 16.6 Å². The number of aliphatic hydroxyl groups excluding tert-OH is 1. The summed E-state index contributed by atoms with van der Waals surface area (Å²) in [6.45, 7) is -0.621. The predicted octanol–water partition coefficient (Wildman–Crippen LogP) is 2.55. The number of hydrogen-bond donors (Lipinski definition) is 2. The fourth-order valence-electron chi connectivity index (χ4n) is 0.927. The Labute approximate surface area is 91.2 Å². The summed E-state index contributed by atoms with van der Waals surface area (Å²) >= 11 is 2.90. The van der Waals surface area contributed by atoms with Gasteiger partial charge in [-0.05, 0) is 22.0 Å². The lowest BCUT2D eigenvalue weighted by atomic mass is 10.2. The summed E-state index contributed by atoms with van der Waals surface area (Å²) < 4.78 is 39.5. The maximum absolute atomic E-state index is 11.9. The van der Waals surface area contributed by atoms with E-state index in [1.807, 2.05) is 0 Å². The van der Waals surface area contributed by atoms with Crippen molar-refractivity contribution in [3.05, 3.63) is 22.2 Å². The topological polar surface area (TPSA) is 49.7 Å². The summed E-state index contributed by atoms with van der Waals surface area (Å²) in [4.78, 5) is 0. The van der Waals surface area contributed by atoms with Crippen LogP contribution in [0.25, 0.3) is 0 Å². The van der Waals surface area contributed by atoms with Gasteiger partial charge in [0, 0.05) is 11.6 Å². The maximum atomic E-state index is 11.9. The molecule has 7 heteroatoms. The van der Waals surface area contributed by atoms with Gasteiger partial charge in [-0.15, -0.1) is 13.2 Å². The normalized spacial score (nSPS) is 11.5. The van der Waals surface area contributed by atoms with Crippen molar-refractivity contribution < 1.29 is 28.1 Å². The Hall–Kier alpha value is -0.950. The molecule has 0 unspecified atom stereocenters.